The van der Waals surface area contributed by atoms with Crippen LogP contribution in [0.3, 0.4) is 0 Å². The number of carbonyl (C=O) groups excluding carboxylic acids is 2. The van der Waals surface area contributed by atoms with E-state index >= 15 is 0 Å². The van der Waals surface area contributed by atoms with E-state index in [0.717, 1.165) is 11.3 Å². The molecule has 1 aliphatic rings. The van der Waals surface area contributed by atoms with Crippen LogP contribution in [0.1, 0.15) is 17.4 Å². The first-order valence-electron chi connectivity index (χ1n) is 7.91. The highest BCUT2D eigenvalue weighted by Crippen LogP contribution is 2.25. The van der Waals surface area contributed by atoms with Gasteiger partial charge in [0.15, 0.2) is 0 Å². The Morgan fingerprint density at radius 2 is 1.92 bits per heavy atom. The van der Waals surface area contributed by atoms with Gasteiger partial charge >= 0.3 is 0 Å². The van der Waals surface area contributed by atoms with Crippen LogP contribution in [0.5, 0.6) is 0 Å². The topological polar surface area (TPSA) is 40.6 Å². The van der Waals surface area contributed by atoms with E-state index in [1.807, 2.05) is 42.5 Å². The third-order valence-corrected chi connectivity index (χ3v) is 5.47. The predicted molar refractivity (Wildman–Crippen MR) is 96.1 cm³/mol. The van der Waals surface area contributed by atoms with Crippen LogP contribution in [0.25, 0.3) is 0 Å². The van der Waals surface area contributed by atoms with E-state index < -0.39 is 6.04 Å². The number of halogens is 1. The lowest BCUT2D eigenvalue weighted by molar-refractivity contribution is -0.155. The number of amides is 2. The SMILES string of the molecule is C[C@H]1C(=O)N(CCc2ccccc2)CC(=O)N1Cc1ccc(Cl)s1. The van der Waals surface area contributed by atoms with Crippen LogP contribution in [0, 0.1) is 0 Å². The number of rotatable bonds is 5. The number of thiophene rings is 1. The first-order valence-corrected chi connectivity index (χ1v) is 9.10. The maximum Gasteiger partial charge on any atom is 0.245 e. The van der Waals surface area contributed by atoms with Gasteiger partial charge in [-0.3, -0.25) is 9.59 Å². The molecule has 24 heavy (non-hydrogen) atoms. The van der Waals surface area contributed by atoms with Crippen LogP contribution >= 0.6 is 22.9 Å². The molecule has 1 fully saturated rings. The van der Waals surface area contributed by atoms with Crippen molar-refractivity contribution in [1.29, 1.82) is 0 Å². The normalized spacial score (nSPS) is 18.3. The molecule has 0 bridgehead atoms. The summed E-state index contributed by atoms with van der Waals surface area (Å²) >= 11 is 7.38. The van der Waals surface area contributed by atoms with E-state index in [2.05, 4.69) is 0 Å². The largest absolute Gasteiger partial charge is 0.331 e. The molecule has 2 heterocycles. The zero-order chi connectivity index (χ0) is 17.1. The minimum absolute atomic E-state index is 0.00758. The molecule has 3 rings (SSSR count). The van der Waals surface area contributed by atoms with Crippen LogP contribution in [-0.2, 0) is 22.6 Å². The molecule has 0 saturated carbocycles. The molecule has 0 unspecified atom stereocenters. The maximum absolute atomic E-state index is 12.6. The zero-order valence-corrected chi connectivity index (χ0v) is 15.0. The van der Waals surface area contributed by atoms with Crippen LogP contribution < -0.4 is 0 Å². The van der Waals surface area contributed by atoms with Gasteiger partial charge in [0, 0.05) is 11.4 Å². The Balaban J connectivity index is 1.63. The number of hydrogen-bond acceptors (Lipinski definition) is 3. The van der Waals surface area contributed by atoms with E-state index in [1.165, 1.54) is 16.9 Å². The lowest BCUT2D eigenvalue weighted by Crippen LogP contribution is -2.58. The summed E-state index contributed by atoms with van der Waals surface area (Å²) in [5.74, 6) is -0.00660. The molecular weight excluding hydrogens is 344 g/mol. The van der Waals surface area contributed by atoms with Crippen LogP contribution in [0.15, 0.2) is 42.5 Å². The molecule has 126 valence electrons. The van der Waals surface area contributed by atoms with Crippen molar-refractivity contribution in [2.75, 3.05) is 13.1 Å². The molecule has 1 atom stereocenters. The molecule has 4 nitrogen and oxygen atoms in total. The van der Waals surface area contributed by atoms with E-state index in [9.17, 15) is 9.59 Å². The number of benzene rings is 1. The van der Waals surface area contributed by atoms with Gasteiger partial charge in [0.25, 0.3) is 0 Å². The molecule has 1 aromatic heterocycles. The Morgan fingerprint density at radius 3 is 2.58 bits per heavy atom. The Kier molecular flexibility index (Phi) is 5.21. The fourth-order valence-electron chi connectivity index (χ4n) is 2.87. The second-order valence-corrected chi connectivity index (χ2v) is 7.70. The summed E-state index contributed by atoms with van der Waals surface area (Å²) in [4.78, 5) is 29.4. The molecule has 6 heteroatoms. The molecule has 0 aliphatic carbocycles. The summed E-state index contributed by atoms with van der Waals surface area (Å²) < 4.78 is 0.693. The minimum Gasteiger partial charge on any atom is -0.331 e. The van der Waals surface area contributed by atoms with Crippen molar-refractivity contribution >= 4 is 34.8 Å². The van der Waals surface area contributed by atoms with E-state index in [1.54, 1.807) is 16.7 Å². The molecule has 1 aromatic carbocycles. The molecule has 1 aliphatic heterocycles. The molecule has 0 spiro atoms. The second-order valence-electron chi connectivity index (χ2n) is 5.90. The van der Waals surface area contributed by atoms with Crippen molar-refractivity contribution in [2.45, 2.75) is 25.9 Å². The second kappa shape index (κ2) is 7.36. The molecule has 2 amide bonds. The van der Waals surface area contributed by atoms with Crippen LogP contribution in [-0.4, -0.2) is 40.7 Å². The van der Waals surface area contributed by atoms with Gasteiger partial charge in [0.1, 0.15) is 6.04 Å². The van der Waals surface area contributed by atoms with Gasteiger partial charge in [-0.25, -0.2) is 0 Å². The fourth-order valence-corrected chi connectivity index (χ4v) is 3.96. The highest BCUT2D eigenvalue weighted by molar-refractivity contribution is 7.16. The van der Waals surface area contributed by atoms with E-state index in [0.29, 0.717) is 17.4 Å². The third kappa shape index (κ3) is 3.79. The summed E-state index contributed by atoms with van der Waals surface area (Å²) in [7, 11) is 0. The zero-order valence-electron chi connectivity index (χ0n) is 13.4. The summed E-state index contributed by atoms with van der Waals surface area (Å²) in [6.07, 6.45) is 0.757. The van der Waals surface area contributed by atoms with E-state index in [-0.39, 0.29) is 18.4 Å². The van der Waals surface area contributed by atoms with Gasteiger partial charge in [-0.05, 0) is 31.0 Å². The van der Waals surface area contributed by atoms with Crippen molar-refractivity contribution in [2.24, 2.45) is 0 Å². The van der Waals surface area contributed by atoms with Gasteiger partial charge in [-0.15, -0.1) is 11.3 Å². The van der Waals surface area contributed by atoms with Crippen molar-refractivity contribution in [3.63, 3.8) is 0 Å². The maximum atomic E-state index is 12.6. The smallest absolute Gasteiger partial charge is 0.245 e. The van der Waals surface area contributed by atoms with Crippen molar-refractivity contribution < 1.29 is 9.59 Å². The number of nitrogens with zero attached hydrogens (tertiary/aromatic N) is 2. The van der Waals surface area contributed by atoms with Crippen LogP contribution in [0.4, 0.5) is 0 Å². The molecule has 0 N–H and O–H groups in total. The highest BCUT2D eigenvalue weighted by Gasteiger charge is 2.36. The molecule has 1 saturated heterocycles. The van der Waals surface area contributed by atoms with Crippen molar-refractivity contribution in [3.8, 4) is 0 Å². The van der Waals surface area contributed by atoms with Gasteiger partial charge in [-0.1, -0.05) is 41.9 Å². The molecular formula is C18H19ClN2O2S. The average molecular weight is 363 g/mol. The number of carbonyl (C=O) groups is 2. The van der Waals surface area contributed by atoms with Crippen molar-refractivity contribution in [3.05, 3.63) is 57.2 Å². The first kappa shape index (κ1) is 17.0. The summed E-state index contributed by atoms with van der Waals surface area (Å²) in [6.45, 7) is 2.95. The quantitative estimate of drug-likeness (QED) is 0.819. The van der Waals surface area contributed by atoms with Crippen LogP contribution in [0.2, 0.25) is 4.34 Å². The third-order valence-electron chi connectivity index (χ3n) is 4.25. The highest BCUT2D eigenvalue weighted by atomic mass is 35.5. The first-order chi connectivity index (χ1) is 11.5. The average Bonchev–Trinajstić information content (AvgIpc) is 3.00. The number of hydrogen-bond donors (Lipinski definition) is 0. The molecule has 0 radical (unpaired) electrons. The molecule has 2 aromatic rings. The predicted octanol–water partition coefficient (Wildman–Crippen LogP) is 3.20. The van der Waals surface area contributed by atoms with Gasteiger partial charge < -0.3 is 9.80 Å². The Bertz CT molecular complexity index is 732. The summed E-state index contributed by atoms with van der Waals surface area (Å²) in [6, 6.07) is 13.3. The Morgan fingerprint density at radius 1 is 1.17 bits per heavy atom. The summed E-state index contributed by atoms with van der Waals surface area (Å²) in [5.41, 5.74) is 1.17. The minimum atomic E-state index is -0.442. The fraction of sp³-hybridized carbons (Fsp3) is 0.333. The van der Waals surface area contributed by atoms with E-state index in [4.69, 9.17) is 11.6 Å². The monoisotopic (exact) mass is 362 g/mol. The number of piperazine rings is 1. The Hall–Kier alpha value is -1.85. The van der Waals surface area contributed by atoms with Gasteiger partial charge in [-0.2, -0.15) is 0 Å². The Labute approximate surface area is 150 Å². The standard InChI is InChI=1S/C18H19ClN2O2S/c1-13-18(23)20(10-9-14-5-3-2-4-6-14)12-17(22)21(13)11-15-7-8-16(19)24-15/h2-8,13H,9-12H2,1H3/t13-/m0/s1. The lowest BCUT2D eigenvalue weighted by atomic mass is 10.1. The summed E-state index contributed by atoms with van der Waals surface area (Å²) in [5, 5.41) is 0. The van der Waals surface area contributed by atoms with Crippen molar-refractivity contribution in [1.82, 2.24) is 9.80 Å². The van der Waals surface area contributed by atoms with Gasteiger partial charge in [0.05, 0.1) is 17.4 Å². The van der Waals surface area contributed by atoms with Gasteiger partial charge in [0.2, 0.25) is 11.8 Å². The lowest BCUT2D eigenvalue weighted by Gasteiger charge is -2.38.